The first-order valence-electron chi connectivity index (χ1n) is 8.48. The summed E-state index contributed by atoms with van der Waals surface area (Å²) in [5.74, 6) is 0.254. The van der Waals surface area contributed by atoms with Crippen molar-refractivity contribution in [3.8, 4) is 11.4 Å². The van der Waals surface area contributed by atoms with Crippen LogP contribution in [0.1, 0.15) is 31.7 Å². The zero-order chi connectivity index (χ0) is 18.5. The molecule has 0 saturated carbocycles. The molecule has 1 heterocycles. The highest BCUT2D eigenvalue weighted by Crippen LogP contribution is 2.20. The van der Waals surface area contributed by atoms with Crippen LogP contribution in [0.2, 0.25) is 0 Å². The SMILES string of the molecule is CC[C@@H](C)c1ccc(NC(=O)Cn2nnc(-c3ccc(F)cc3)n2)cc1. The average Bonchev–Trinajstić information content (AvgIpc) is 3.10. The smallest absolute Gasteiger partial charge is 0.248 e. The molecule has 0 unspecified atom stereocenters. The fraction of sp³-hybridized carbons (Fsp3) is 0.263. The largest absolute Gasteiger partial charge is 0.324 e. The molecule has 0 bridgehead atoms. The Bertz CT molecular complexity index is 874. The van der Waals surface area contributed by atoms with Crippen molar-refractivity contribution in [2.75, 3.05) is 5.32 Å². The number of hydrogen-bond donors (Lipinski definition) is 1. The molecule has 0 saturated heterocycles. The minimum absolute atomic E-state index is 0.0543. The van der Waals surface area contributed by atoms with Gasteiger partial charge in [-0.1, -0.05) is 26.0 Å². The lowest BCUT2D eigenvalue weighted by atomic mass is 9.99. The van der Waals surface area contributed by atoms with E-state index in [9.17, 15) is 9.18 Å². The van der Waals surface area contributed by atoms with E-state index >= 15 is 0 Å². The van der Waals surface area contributed by atoms with Gasteiger partial charge in [0.05, 0.1) is 0 Å². The highest BCUT2D eigenvalue weighted by Gasteiger charge is 2.10. The van der Waals surface area contributed by atoms with E-state index in [1.165, 1.54) is 22.5 Å². The predicted octanol–water partition coefficient (Wildman–Crippen LogP) is 3.63. The second-order valence-electron chi connectivity index (χ2n) is 6.13. The molecule has 1 N–H and O–H groups in total. The van der Waals surface area contributed by atoms with Gasteiger partial charge in [-0.25, -0.2) is 4.39 Å². The number of hydrogen-bond acceptors (Lipinski definition) is 4. The fourth-order valence-corrected chi connectivity index (χ4v) is 2.48. The van der Waals surface area contributed by atoms with Gasteiger partial charge in [0.15, 0.2) is 0 Å². The van der Waals surface area contributed by atoms with Crippen LogP contribution in [0.3, 0.4) is 0 Å². The van der Waals surface area contributed by atoms with Crippen molar-refractivity contribution in [2.24, 2.45) is 0 Å². The second kappa shape index (κ2) is 7.86. The van der Waals surface area contributed by atoms with Gasteiger partial charge in [0.1, 0.15) is 12.4 Å². The quantitative estimate of drug-likeness (QED) is 0.734. The highest BCUT2D eigenvalue weighted by atomic mass is 19.1. The van der Waals surface area contributed by atoms with Crippen molar-refractivity contribution in [1.82, 2.24) is 20.2 Å². The van der Waals surface area contributed by atoms with Crippen LogP contribution >= 0.6 is 0 Å². The van der Waals surface area contributed by atoms with E-state index in [4.69, 9.17) is 0 Å². The molecule has 6 nitrogen and oxygen atoms in total. The Morgan fingerprint density at radius 3 is 2.50 bits per heavy atom. The van der Waals surface area contributed by atoms with Gasteiger partial charge >= 0.3 is 0 Å². The Kier molecular flexibility index (Phi) is 5.36. The minimum atomic E-state index is -0.333. The van der Waals surface area contributed by atoms with E-state index in [0.29, 0.717) is 17.3 Å². The topological polar surface area (TPSA) is 72.7 Å². The number of nitrogens with zero attached hydrogens (tertiary/aromatic N) is 4. The molecule has 1 atom stereocenters. The maximum atomic E-state index is 13.0. The first-order valence-corrected chi connectivity index (χ1v) is 8.48. The zero-order valence-corrected chi connectivity index (χ0v) is 14.7. The van der Waals surface area contributed by atoms with Crippen molar-refractivity contribution >= 4 is 11.6 Å². The summed E-state index contributed by atoms with van der Waals surface area (Å²) in [6.45, 7) is 4.26. The molecule has 0 fully saturated rings. The van der Waals surface area contributed by atoms with E-state index in [1.54, 1.807) is 12.1 Å². The number of amides is 1. The lowest BCUT2D eigenvalue weighted by Gasteiger charge is -2.10. The van der Waals surface area contributed by atoms with Crippen molar-refractivity contribution < 1.29 is 9.18 Å². The maximum absolute atomic E-state index is 13.0. The molecule has 0 spiro atoms. The Morgan fingerprint density at radius 1 is 1.15 bits per heavy atom. The van der Waals surface area contributed by atoms with Crippen LogP contribution in [0, 0.1) is 5.82 Å². The lowest BCUT2D eigenvalue weighted by molar-refractivity contribution is -0.117. The van der Waals surface area contributed by atoms with Crippen LogP contribution in [-0.4, -0.2) is 26.1 Å². The monoisotopic (exact) mass is 353 g/mol. The van der Waals surface area contributed by atoms with Gasteiger partial charge in [0.25, 0.3) is 0 Å². The van der Waals surface area contributed by atoms with E-state index in [2.05, 4.69) is 34.6 Å². The summed E-state index contributed by atoms with van der Waals surface area (Å²) >= 11 is 0. The molecule has 0 aliphatic rings. The third kappa shape index (κ3) is 4.30. The molecule has 3 aromatic rings. The molecule has 0 radical (unpaired) electrons. The normalized spacial score (nSPS) is 12.0. The molecule has 3 rings (SSSR count). The second-order valence-corrected chi connectivity index (χ2v) is 6.13. The number of anilines is 1. The summed E-state index contributed by atoms with van der Waals surface area (Å²) in [6.07, 6.45) is 1.07. The molecule has 1 amide bonds. The predicted molar refractivity (Wildman–Crippen MR) is 97.0 cm³/mol. The Labute approximate surface area is 151 Å². The zero-order valence-electron chi connectivity index (χ0n) is 14.7. The van der Waals surface area contributed by atoms with Gasteiger partial charge in [-0.3, -0.25) is 4.79 Å². The molecule has 2 aromatic carbocycles. The fourth-order valence-electron chi connectivity index (χ4n) is 2.48. The van der Waals surface area contributed by atoms with Gasteiger partial charge in [-0.05, 0) is 59.5 Å². The van der Waals surface area contributed by atoms with Gasteiger partial charge in [0.2, 0.25) is 11.7 Å². The average molecular weight is 353 g/mol. The molecule has 0 aliphatic heterocycles. The molecule has 7 heteroatoms. The van der Waals surface area contributed by atoms with E-state index < -0.39 is 0 Å². The third-order valence-electron chi connectivity index (χ3n) is 4.22. The Hall–Kier alpha value is -3.09. The van der Waals surface area contributed by atoms with Crippen LogP contribution in [0.4, 0.5) is 10.1 Å². The number of rotatable bonds is 6. The van der Waals surface area contributed by atoms with Crippen molar-refractivity contribution in [3.63, 3.8) is 0 Å². The van der Waals surface area contributed by atoms with E-state index in [0.717, 1.165) is 12.1 Å². The standard InChI is InChI=1S/C19H20FN5O/c1-3-13(2)14-6-10-17(11-7-14)21-18(26)12-25-23-19(22-24-25)15-4-8-16(20)9-5-15/h4-11,13H,3,12H2,1-2H3,(H,21,26)/t13-/m1/s1. The summed E-state index contributed by atoms with van der Waals surface area (Å²) < 4.78 is 13.0. The highest BCUT2D eigenvalue weighted by molar-refractivity contribution is 5.90. The first kappa shape index (κ1) is 17.7. The summed E-state index contributed by atoms with van der Waals surface area (Å²) in [7, 11) is 0. The number of aromatic nitrogens is 4. The lowest BCUT2D eigenvalue weighted by Crippen LogP contribution is -2.20. The number of benzene rings is 2. The Morgan fingerprint density at radius 2 is 1.85 bits per heavy atom. The van der Waals surface area contributed by atoms with Crippen LogP contribution in [0.5, 0.6) is 0 Å². The summed E-state index contributed by atoms with van der Waals surface area (Å²) in [4.78, 5) is 13.4. The number of carbonyl (C=O) groups is 1. The first-order chi connectivity index (χ1) is 12.5. The van der Waals surface area contributed by atoms with Crippen LogP contribution in [0.25, 0.3) is 11.4 Å². The van der Waals surface area contributed by atoms with Crippen LogP contribution in [-0.2, 0) is 11.3 Å². The van der Waals surface area contributed by atoms with Gasteiger partial charge in [0, 0.05) is 11.3 Å². The van der Waals surface area contributed by atoms with Crippen LogP contribution < -0.4 is 5.32 Å². The van der Waals surface area contributed by atoms with Crippen LogP contribution in [0.15, 0.2) is 48.5 Å². The van der Waals surface area contributed by atoms with Crippen molar-refractivity contribution in [1.29, 1.82) is 0 Å². The minimum Gasteiger partial charge on any atom is -0.324 e. The van der Waals surface area contributed by atoms with Gasteiger partial charge < -0.3 is 5.32 Å². The number of carbonyl (C=O) groups excluding carboxylic acids is 1. The van der Waals surface area contributed by atoms with Crippen molar-refractivity contribution in [3.05, 3.63) is 59.9 Å². The summed E-state index contributed by atoms with van der Waals surface area (Å²) in [5, 5.41) is 14.7. The van der Waals surface area contributed by atoms with E-state index in [-0.39, 0.29) is 18.3 Å². The number of nitrogens with one attached hydrogen (secondary N) is 1. The summed E-state index contributed by atoms with van der Waals surface area (Å²) in [5.41, 5.74) is 2.60. The molecule has 26 heavy (non-hydrogen) atoms. The van der Waals surface area contributed by atoms with Gasteiger partial charge in [-0.2, -0.15) is 4.80 Å². The molecule has 134 valence electrons. The van der Waals surface area contributed by atoms with Crippen molar-refractivity contribution in [2.45, 2.75) is 32.7 Å². The summed E-state index contributed by atoms with van der Waals surface area (Å²) in [6, 6.07) is 13.6. The van der Waals surface area contributed by atoms with E-state index in [1.807, 2.05) is 24.3 Å². The molecular formula is C19H20FN5O. The maximum Gasteiger partial charge on any atom is 0.248 e. The number of tetrazole rings is 1. The third-order valence-corrected chi connectivity index (χ3v) is 4.22. The molecule has 1 aromatic heterocycles. The van der Waals surface area contributed by atoms with Gasteiger partial charge in [-0.15, -0.1) is 10.2 Å². The Balaban J connectivity index is 1.61. The molecular weight excluding hydrogens is 333 g/mol. The number of halogens is 1. The molecule has 0 aliphatic carbocycles.